The van der Waals surface area contributed by atoms with Crippen molar-refractivity contribution in [3.05, 3.63) is 97.1 Å². The number of aryl methyl sites for hydroxylation is 1. The molecule has 0 aliphatic rings. The van der Waals surface area contributed by atoms with Crippen molar-refractivity contribution in [1.82, 2.24) is 24.8 Å². The molecule has 8 heteroatoms. The first-order chi connectivity index (χ1) is 17.7. The van der Waals surface area contributed by atoms with Crippen molar-refractivity contribution in [1.29, 1.82) is 0 Å². The predicted octanol–water partition coefficient (Wildman–Crippen LogP) is 4.55. The second-order valence-corrected chi connectivity index (χ2v) is 8.21. The molecule has 178 valence electrons. The molecule has 0 radical (unpaired) electrons. The number of para-hydroxylation sites is 1. The van der Waals surface area contributed by atoms with Gasteiger partial charge in [-0.25, -0.2) is 15.0 Å². The van der Waals surface area contributed by atoms with Crippen LogP contribution in [0.2, 0.25) is 0 Å². The number of amides is 2. The maximum absolute atomic E-state index is 12.8. The summed E-state index contributed by atoms with van der Waals surface area (Å²) in [6.07, 6.45) is 6.84. The molecule has 0 aliphatic carbocycles. The lowest BCUT2D eigenvalue weighted by molar-refractivity contribution is -0.105. The summed E-state index contributed by atoms with van der Waals surface area (Å²) in [5.41, 5.74) is 5.40. The zero-order chi connectivity index (χ0) is 24.7. The number of anilines is 1. The molecule has 0 bridgehead atoms. The Morgan fingerprint density at radius 3 is 2.53 bits per heavy atom. The molecule has 8 nitrogen and oxygen atoms in total. The fourth-order valence-electron chi connectivity index (χ4n) is 4.04. The zero-order valence-corrected chi connectivity index (χ0v) is 19.5. The fraction of sp³-hybridized carbons (Fsp3) is 0.107. The van der Waals surface area contributed by atoms with E-state index in [4.69, 9.17) is 9.97 Å². The summed E-state index contributed by atoms with van der Waals surface area (Å²) >= 11 is 0. The number of nitrogens with one attached hydrogen (secondary N) is 2. The number of carbonyl (C=O) groups is 2. The van der Waals surface area contributed by atoms with Gasteiger partial charge in [0, 0.05) is 47.9 Å². The standard InChI is InChI=1S/C28H24N6O2/c35-19-31-23-10-5-4-9-22(23)27-26(20-7-2-1-3-8-20)33-25-17-21(11-12-24(25)32-27)28(36)30-13-6-15-34-16-14-29-18-34/h1-5,7-12,14,16-19H,6,13,15H2,(H,30,36)(H,31,35). The summed E-state index contributed by atoms with van der Waals surface area (Å²) in [6.45, 7) is 1.34. The number of hydrogen-bond donors (Lipinski definition) is 2. The van der Waals surface area contributed by atoms with Gasteiger partial charge in [0.25, 0.3) is 5.91 Å². The first-order valence-electron chi connectivity index (χ1n) is 11.6. The molecule has 2 aromatic heterocycles. The van der Waals surface area contributed by atoms with Gasteiger partial charge in [0.2, 0.25) is 6.41 Å². The van der Waals surface area contributed by atoms with Crippen LogP contribution in [0.3, 0.4) is 0 Å². The lowest BCUT2D eigenvalue weighted by Gasteiger charge is -2.14. The maximum atomic E-state index is 12.8. The second-order valence-electron chi connectivity index (χ2n) is 8.21. The van der Waals surface area contributed by atoms with E-state index in [1.165, 1.54) is 0 Å². The SMILES string of the molecule is O=CNc1ccccc1-c1nc2ccc(C(=O)NCCCn3ccnc3)cc2nc1-c1ccccc1. The Morgan fingerprint density at radius 2 is 1.72 bits per heavy atom. The van der Waals surface area contributed by atoms with Crippen molar-refractivity contribution in [2.24, 2.45) is 0 Å². The van der Waals surface area contributed by atoms with Crippen LogP contribution < -0.4 is 10.6 Å². The second kappa shape index (κ2) is 10.6. The van der Waals surface area contributed by atoms with Crippen molar-refractivity contribution < 1.29 is 9.59 Å². The summed E-state index contributed by atoms with van der Waals surface area (Å²) in [7, 11) is 0. The molecule has 2 N–H and O–H groups in total. The molecule has 36 heavy (non-hydrogen) atoms. The average Bonchev–Trinajstić information content (AvgIpc) is 3.45. The van der Waals surface area contributed by atoms with Crippen LogP contribution in [0.4, 0.5) is 5.69 Å². The molecule has 0 aliphatic heterocycles. The minimum atomic E-state index is -0.157. The number of aromatic nitrogens is 4. The van der Waals surface area contributed by atoms with Gasteiger partial charge in [0.05, 0.1) is 28.7 Å². The topological polar surface area (TPSA) is 102 Å². The number of rotatable bonds is 9. The normalized spacial score (nSPS) is 10.8. The molecule has 0 saturated carbocycles. The average molecular weight is 477 g/mol. The molecule has 2 amide bonds. The molecule has 2 heterocycles. The molecular weight excluding hydrogens is 452 g/mol. The van der Waals surface area contributed by atoms with Gasteiger partial charge in [-0.05, 0) is 30.7 Å². The molecule has 0 unspecified atom stereocenters. The third-order valence-corrected chi connectivity index (χ3v) is 5.81. The van der Waals surface area contributed by atoms with Gasteiger partial charge in [-0.3, -0.25) is 9.59 Å². The van der Waals surface area contributed by atoms with Crippen LogP contribution in [0.15, 0.2) is 91.5 Å². The highest BCUT2D eigenvalue weighted by Gasteiger charge is 2.17. The Hall–Kier alpha value is -4.85. The van der Waals surface area contributed by atoms with Gasteiger partial charge < -0.3 is 15.2 Å². The van der Waals surface area contributed by atoms with Crippen LogP contribution in [-0.4, -0.2) is 38.4 Å². The van der Waals surface area contributed by atoms with E-state index in [9.17, 15) is 9.59 Å². The van der Waals surface area contributed by atoms with E-state index in [1.807, 2.05) is 65.4 Å². The molecule has 0 saturated heterocycles. The van der Waals surface area contributed by atoms with E-state index >= 15 is 0 Å². The summed E-state index contributed by atoms with van der Waals surface area (Å²) < 4.78 is 1.98. The van der Waals surface area contributed by atoms with Crippen LogP contribution >= 0.6 is 0 Å². The summed E-state index contributed by atoms with van der Waals surface area (Å²) in [5, 5.41) is 5.72. The molecule has 5 rings (SSSR count). The lowest BCUT2D eigenvalue weighted by atomic mass is 10.0. The van der Waals surface area contributed by atoms with Gasteiger partial charge in [-0.1, -0.05) is 48.5 Å². The monoisotopic (exact) mass is 476 g/mol. The Kier molecular flexibility index (Phi) is 6.75. The Balaban J connectivity index is 1.48. The van der Waals surface area contributed by atoms with Crippen molar-refractivity contribution in [2.45, 2.75) is 13.0 Å². The minimum Gasteiger partial charge on any atom is -0.352 e. The third-order valence-electron chi connectivity index (χ3n) is 5.81. The largest absolute Gasteiger partial charge is 0.352 e. The minimum absolute atomic E-state index is 0.157. The van der Waals surface area contributed by atoms with Gasteiger partial charge in [-0.15, -0.1) is 0 Å². The Labute approximate surface area is 208 Å². The molecule has 0 atom stereocenters. The summed E-state index contributed by atoms with van der Waals surface area (Å²) in [6, 6.07) is 22.5. The van der Waals surface area contributed by atoms with E-state index < -0.39 is 0 Å². The Bertz CT molecular complexity index is 1500. The first kappa shape index (κ1) is 22.9. The highest BCUT2D eigenvalue weighted by molar-refractivity contribution is 5.98. The van der Waals surface area contributed by atoms with E-state index in [-0.39, 0.29) is 5.91 Å². The maximum Gasteiger partial charge on any atom is 0.251 e. The predicted molar refractivity (Wildman–Crippen MR) is 139 cm³/mol. The quantitative estimate of drug-likeness (QED) is 0.240. The first-order valence-corrected chi connectivity index (χ1v) is 11.6. The van der Waals surface area contributed by atoms with Crippen LogP contribution in [0.25, 0.3) is 33.5 Å². The van der Waals surface area contributed by atoms with Crippen LogP contribution in [0.5, 0.6) is 0 Å². The number of imidazole rings is 1. The number of nitrogens with zero attached hydrogens (tertiary/aromatic N) is 4. The number of benzene rings is 3. The zero-order valence-electron chi connectivity index (χ0n) is 19.5. The fourth-order valence-corrected chi connectivity index (χ4v) is 4.04. The van der Waals surface area contributed by atoms with Crippen LogP contribution in [-0.2, 0) is 11.3 Å². The molecule has 0 spiro atoms. The van der Waals surface area contributed by atoms with E-state index in [0.717, 1.165) is 24.1 Å². The number of carbonyl (C=O) groups excluding carboxylic acids is 2. The van der Waals surface area contributed by atoms with Crippen molar-refractivity contribution in [3.8, 4) is 22.5 Å². The summed E-state index contributed by atoms with van der Waals surface area (Å²) in [4.78, 5) is 37.8. The number of fused-ring (bicyclic) bond motifs is 1. The molecular formula is C28H24N6O2. The van der Waals surface area contributed by atoms with Gasteiger partial charge in [0.15, 0.2) is 0 Å². The summed E-state index contributed by atoms with van der Waals surface area (Å²) in [5.74, 6) is -0.157. The molecule has 5 aromatic rings. The van der Waals surface area contributed by atoms with Crippen molar-refractivity contribution >= 4 is 29.0 Å². The van der Waals surface area contributed by atoms with Gasteiger partial charge in [0.1, 0.15) is 0 Å². The van der Waals surface area contributed by atoms with Crippen molar-refractivity contribution in [2.75, 3.05) is 11.9 Å². The van der Waals surface area contributed by atoms with Crippen LogP contribution in [0, 0.1) is 0 Å². The molecule has 3 aromatic carbocycles. The highest BCUT2D eigenvalue weighted by atomic mass is 16.1. The van der Waals surface area contributed by atoms with E-state index in [2.05, 4.69) is 15.6 Å². The van der Waals surface area contributed by atoms with E-state index in [1.54, 1.807) is 30.7 Å². The third kappa shape index (κ3) is 4.97. The highest BCUT2D eigenvalue weighted by Crippen LogP contribution is 2.35. The van der Waals surface area contributed by atoms with Crippen LogP contribution in [0.1, 0.15) is 16.8 Å². The van der Waals surface area contributed by atoms with Crippen molar-refractivity contribution in [3.63, 3.8) is 0 Å². The number of hydrogen-bond acceptors (Lipinski definition) is 5. The Morgan fingerprint density at radius 1 is 0.917 bits per heavy atom. The smallest absolute Gasteiger partial charge is 0.251 e. The van der Waals surface area contributed by atoms with Gasteiger partial charge >= 0.3 is 0 Å². The molecule has 0 fully saturated rings. The lowest BCUT2D eigenvalue weighted by Crippen LogP contribution is -2.25. The van der Waals surface area contributed by atoms with E-state index in [0.29, 0.717) is 46.6 Å². The van der Waals surface area contributed by atoms with Gasteiger partial charge in [-0.2, -0.15) is 0 Å².